The molecule has 0 fully saturated rings. The van der Waals surface area contributed by atoms with E-state index in [2.05, 4.69) is 30.2 Å². The SMILES string of the molecule is Cc1sc2nc(C(C)C)c(N)n2c1-c1ccc(Cl)cc1. The minimum Gasteiger partial charge on any atom is -0.383 e. The number of thiazole rings is 1. The second-order valence-electron chi connectivity index (χ2n) is 5.17. The number of halogens is 1. The highest BCUT2D eigenvalue weighted by Crippen LogP contribution is 2.36. The summed E-state index contributed by atoms with van der Waals surface area (Å²) in [6.45, 7) is 6.31. The van der Waals surface area contributed by atoms with E-state index in [1.165, 1.54) is 4.88 Å². The molecular weight excluding hydrogens is 290 g/mol. The molecule has 0 saturated carbocycles. The first kappa shape index (κ1) is 13.5. The first-order valence-corrected chi connectivity index (χ1v) is 7.71. The zero-order valence-electron chi connectivity index (χ0n) is 11.6. The second-order valence-corrected chi connectivity index (χ2v) is 6.79. The first-order valence-electron chi connectivity index (χ1n) is 6.52. The molecular formula is C15H16ClN3S. The Kier molecular flexibility index (Phi) is 3.22. The highest BCUT2D eigenvalue weighted by molar-refractivity contribution is 7.17. The summed E-state index contributed by atoms with van der Waals surface area (Å²) in [5.41, 5.74) is 9.49. The standard InChI is InChI=1S/C15H16ClN3S/c1-8(2)12-14(17)19-13(9(3)20-15(19)18-12)10-4-6-11(16)7-5-10/h4-8H,17H2,1-3H3. The monoisotopic (exact) mass is 305 g/mol. The van der Waals surface area contributed by atoms with E-state index in [9.17, 15) is 0 Å². The summed E-state index contributed by atoms with van der Waals surface area (Å²) in [6, 6.07) is 7.84. The van der Waals surface area contributed by atoms with E-state index in [0.29, 0.717) is 5.92 Å². The Bertz CT molecular complexity index is 769. The van der Waals surface area contributed by atoms with Crippen LogP contribution in [-0.4, -0.2) is 9.38 Å². The zero-order chi connectivity index (χ0) is 14.4. The van der Waals surface area contributed by atoms with Crippen LogP contribution in [0, 0.1) is 6.92 Å². The third-order valence-corrected chi connectivity index (χ3v) is 4.58. The van der Waals surface area contributed by atoms with E-state index < -0.39 is 0 Å². The molecule has 3 nitrogen and oxygen atoms in total. The van der Waals surface area contributed by atoms with Gasteiger partial charge in [-0.15, -0.1) is 11.3 Å². The van der Waals surface area contributed by atoms with Crippen LogP contribution in [0.15, 0.2) is 24.3 Å². The van der Waals surface area contributed by atoms with Crippen molar-refractivity contribution in [3.8, 4) is 11.3 Å². The first-order chi connectivity index (χ1) is 9.49. The summed E-state index contributed by atoms with van der Waals surface area (Å²) >= 11 is 7.64. The van der Waals surface area contributed by atoms with Crippen LogP contribution in [0.5, 0.6) is 0 Å². The molecule has 0 atom stereocenters. The third-order valence-electron chi connectivity index (χ3n) is 3.38. The Morgan fingerprint density at radius 2 is 1.90 bits per heavy atom. The number of hydrogen-bond acceptors (Lipinski definition) is 3. The predicted molar refractivity (Wildman–Crippen MR) is 86.8 cm³/mol. The van der Waals surface area contributed by atoms with E-state index in [-0.39, 0.29) is 0 Å². The highest BCUT2D eigenvalue weighted by Gasteiger charge is 2.19. The fourth-order valence-corrected chi connectivity index (χ4v) is 3.55. The summed E-state index contributed by atoms with van der Waals surface area (Å²) < 4.78 is 2.05. The predicted octanol–water partition coefficient (Wildman–Crippen LogP) is 4.73. The molecule has 0 aliphatic carbocycles. The van der Waals surface area contributed by atoms with Gasteiger partial charge in [0.1, 0.15) is 5.82 Å². The van der Waals surface area contributed by atoms with Crippen LogP contribution in [0.2, 0.25) is 5.02 Å². The van der Waals surface area contributed by atoms with E-state index in [4.69, 9.17) is 17.3 Å². The van der Waals surface area contributed by atoms with E-state index in [1.807, 2.05) is 24.3 Å². The van der Waals surface area contributed by atoms with Gasteiger partial charge in [-0.1, -0.05) is 37.6 Å². The third kappa shape index (κ3) is 2.00. The van der Waals surface area contributed by atoms with Gasteiger partial charge in [0.25, 0.3) is 0 Å². The molecule has 0 aliphatic rings. The molecule has 2 N–H and O–H groups in total. The number of hydrogen-bond donors (Lipinski definition) is 1. The van der Waals surface area contributed by atoms with Gasteiger partial charge in [-0.05, 0) is 30.5 Å². The van der Waals surface area contributed by atoms with Crippen molar-refractivity contribution in [2.75, 3.05) is 5.73 Å². The van der Waals surface area contributed by atoms with Crippen molar-refractivity contribution in [1.82, 2.24) is 9.38 Å². The second kappa shape index (κ2) is 4.79. The molecule has 0 aliphatic heterocycles. The molecule has 5 heteroatoms. The normalized spacial score (nSPS) is 11.7. The minimum atomic E-state index is 0.320. The number of rotatable bonds is 2. The molecule has 104 valence electrons. The van der Waals surface area contributed by atoms with Crippen molar-refractivity contribution in [2.24, 2.45) is 0 Å². The van der Waals surface area contributed by atoms with Crippen molar-refractivity contribution < 1.29 is 0 Å². The minimum absolute atomic E-state index is 0.320. The number of aryl methyl sites for hydroxylation is 1. The van der Waals surface area contributed by atoms with Gasteiger partial charge in [0.15, 0.2) is 4.96 Å². The number of nitrogens with zero attached hydrogens (tertiary/aromatic N) is 2. The quantitative estimate of drug-likeness (QED) is 0.743. The molecule has 0 spiro atoms. The Morgan fingerprint density at radius 1 is 1.25 bits per heavy atom. The fourth-order valence-electron chi connectivity index (χ4n) is 2.42. The lowest BCUT2D eigenvalue weighted by molar-refractivity contribution is 0.838. The van der Waals surface area contributed by atoms with Crippen LogP contribution < -0.4 is 5.73 Å². The highest BCUT2D eigenvalue weighted by atomic mass is 35.5. The van der Waals surface area contributed by atoms with Crippen molar-refractivity contribution in [2.45, 2.75) is 26.7 Å². The molecule has 2 aromatic heterocycles. The Labute approximate surface area is 127 Å². The van der Waals surface area contributed by atoms with Gasteiger partial charge in [-0.3, -0.25) is 4.40 Å². The molecule has 2 heterocycles. The molecule has 3 aromatic rings. The summed E-state index contributed by atoms with van der Waals surface area (Å²) in [5.74, 6) is 1.06. The molecule has 0 bridgehead atoms. The molecule has 0 saturated heterocycles. The van der Waals surface area contributed by atoms with Gasteiger partial charge in [0.2, 0.25) is 0 Å². The van der Waals surface area contributed by atoms with Gasteiger partial charge < -0.3 is 5.73 Å². The lowest BCUT2D eigenvalue weighted by Gasteiger charge is -2.06. The average molecular weight is 306 g/mol. The van der Waals surface area contributed by atoms with E-state index in [1.54, 1.807) is 11.3 Å². The van der Waals surface area contributed by atoms with Gasteiger partial charge in [0.05, 0.1) is 11.4 Å². The van der Waals surface area contributed by atoms with Crippen LogP contribution in [0.1, 0.15) is 30.3 Å². The van der Waals surface area contributed by atoms with Crippen LogP contribution in [-0.2, 0) is 0 Å². The number of aromatic nitrogens is 2. The van der Waals surface area contributed by atoms with E-state index >= 15 is 0 Å². The summed E-state index contributed by atoms with van der Waals surface area (Å²) in [7, 11) is 0. The van der Waals surface area contributed by atoms with Crippen molar-refractivity contribution >= 4 is 33.7 Å². The van der Waals surface area contributed by atoms with Crippen molar-refractivity contribution in [1.29, 1.82) is 0 Å². The lowest BCUT2D eigenvalue weighted by atomic mass is 10.1. The molecule has 1 aromatic carbocycles. The number of imidazole rings is 1. The molecule has 0 amide bonds. The Hall–Kier alpha value is -1.52. The molecule has 3 rings (SSSR count). The zero-order valence-corrected chi connectivity index (χ0v) is 13.2. The number of fused-ring (bicyclic) bond motifs is 1. The number of nitrogens with two attached hydrogens (primary N) is 1. The van der Waals surface area contributed by atoms with Gasteiger partial charge in [-0.2, -0.15) is 0 Å². The molecule has 0 radical (unpaired) electrons. The van der Waals surface area contributed by atoms with Crippen molar-refractivity contribution in [3.05, 3.63) is 39.9 Å². The van der Waals surface area contributed by atoms with Crippen LogP contribution in [0.3, 0.4) is 0 Å². The smallest absolute Gasteiger partial charge is 0.196 e. The maximum atomic E-state index is 6.30. The maximum Gasteiger partial charge on any atom is 0.196 e. The van der Waals surface area contributed by atoms with Crippen LogP contribution >= 0.6 is 22.9 Å². The topological polar surface area (TPSA) is 43.3 Å². The summed E-state index contributed by atoms with van der Waals surface area (Å²) in [6.07, 6.45) is 0. The molecule has 0 unspecified atom stereocenters. The van der Waals surface area contributed by atoms with Gasteiger partial charge in [0, 0.05) is 9.90 Å². The molecule has 20 heavy (non-hydrogen) atoms. The van der Waals surface area contributed by atoms with E-state index in [0.717, 1.165) is 32.8 Å². The average Bonchev–Trinajstić information content (AvgIpc) is 2.87. The Morgan fingerprint density at radius 3 is 2.50 bits per heavy atom. The summed E-state index contributed by atoms with van der Waals surface area (Å²) in [5, 5.41) is 0.736. The van der Waals surface area contributed by atoms with Gasteiger partial charge in [-0.25, -0.2) is 4.98 Å². The summed E-state index contributed by atoms with van der Waals surface area (Å²) in [4.78, 5) is 6.82. The fraction of sp³-hybridized carbons (Fsp3) is 0.267. The lowest BCUT2D eigenvalue weighted by Crippen LogP contribution is -1.99. The number of anilines is 1. The maximum absolute atomic E-state index is 6.30. The number of benzene rings is 1. The van der Waals surface area contributed by atoms with Crippen molar-refractivity contribution in [3.63, 3.8) is 0 Å². The van der Waals surface area contributed by atoms with Gasteiger partial charge >= 0.3 is 0 Å². The number of nitrogen functional groups attached to an aromatic ring is 1. The van der Waals surface area contributed by atoms with Crippen LogP contribution in [0.25, 0.3) is 16.2 Å². The Balaban J connectivity index is 2.29. The largest absolute Gasteiger partial charge is 0.383 e. The van der Waals surface area contributed by atoms with Crippen LogP contribution in [0.4, 0.5) is 5.82 Å².